The Hall–Kier alpha value is -1.94. The molecule has 1 fully saturated rings. The minimum Gasteiger partial charge on any atom is -0.326 e. The molecule has 1 saturated heterocycles. The van der Waals surface area contributed by atoms with Crippen molar-refractivity contribution >= 4 is 23.4 Å². The summed E-state index contributed by atoms with van der Waals surface area (Å²) in [5.41, 5.74) is -1.63. The number of carbonyl (C=O) groups excluding carboxylic acids is 2. The third kappa shape index (κ3) is 5.74. The first-order chi connectivity index (χ1) is 16.2. The minimum absolute atomic E-state index is 0.00381. The van der Waals surface area contributed by atoms with Crippen molar-refractivity contribution in [2.45, 2.75) is 77.8 Å². The molecule has 0 aromatic heterocycles. The second kappa shape index (κ2) is 10.2. The molecule has 11 heteroatoms. The quantitative estimate of drug-likeness (QED) is 0.372. The van der Waals surface area contributed by atoms with Crippen LogP contribution in [-0.2, 0) is 14.3 Å². The fraction of sp³-hybridized carbons (Fsp3) is 0.667. The van der Waals surface area contributed by atoms with E-state index in [-0.39, 0.29) is 30.3 Å². The van der Waals surface area contributed by atoms with E-state index in [1.165, 1.54) is 12.2 Å². The van der Waals surface area contributed by atoms with Gasteiger partial charge in [0.15, 0.2) is 0 Å². The van der Waals surface area contributed by atoms with Crippen LogP contribution in [0.25, 0.3) is 0 Å². The molecule has 0 spiro atoms. The van der Waals surface area contributed by atoms with Gasteiger partial charge in [-0.3, -0.25) is 14.3 Å². The van der Waals surface area contributed by atoms with Gasteiger partial charge in [-0.2, -0.15) is 8.78 Å². The number of halogens is 6. The van der Waals surface area contributed by atoms with Gasteiger partial charge in [0, 0.05) is 28.1 Å². The first-order valence-electron chi connectivity index (χ1n) is 11.6. The zero-order valence-electron chi connectivity index (χ0n) is 19.8. The highest BCUT2D eigenvalue weighted by molar-refractivity contribution is 6.30. The number of allylic oxidation sites excluding steroid dienone is 4. The van der Waals surface area contributed by atoms with Crippen LogP contribution in [0.15, 0.2) is 35.0 Å². The summed E-state index contributed by atoms with van der Waals surface area (Å²) in [6, 6.07) is -1.03. The lowest BCUT2D eigenvalue weighted by molar-refractivity contribution is -0.353. The van der Waals surface area contributed by atoms with Crippen molar-refractivity contribution < 1.29 is 36.3 Å². The summed E-state index contributed by atoms with van der Waals surface area (Å²) in [5, 5.41) is 2.90. The topological polar surface area (TPSA) is 58.6 Å². The number of rotatable bonds is 5. The number of amides is 2. The minimum atomic E-state index is -4.82. The van der Waals surface area contributed by atoms with E-state index in [1.807, 2.05) is 6.92 Å². The van der Waals surface area contributed by atoms with Crippen molar-refractivity contribution in [1.29, 1.82) is 0 Å². The second-order valence-electron chi connectivity index (χ2n) is 9.99. The fourth-order valence-electron chi connectivity index (χ4n) is 5.39. The molecule has 0 bridgehead atoms. The predicted molar refractivity (Wildman–Crippen MR) is 120 cm³/mol. The van der Waals surface area contributed by atoms with Crippen LogP contribution in [0, 0.1) is 16.7 Å². The van der Waals surface area contributed by atoms with Crippen LogP contribution in [-0.4, -0.2) is 48.2 Å². The maximum Gasteiger partial charge on any atom is 0.523 e. The summed E-state index contributed by atoms with van der Waals surface area (Å²) in [6.45, 7) is 5.46. The summed E-state index contributed by atoms with van der Waals surface area (Å²) in [5.74, 6) is -1.98. The van der Waals surface area contributed by atoms with Crippen LogP contribution in [0.5, 0.6) is 0 Å². The maximum absolute atomic E-state index is 13.2. The lowest BCUT2D eigenvalue weighted by atomic mass is 9.55. The Morgan fingerprint density at radius 3 is 2.51 bits per heavy atom. The van der Waals surface area contributed by atoms with Crippen molar-refractivity contribution in [3.8, 4) is 0 Å². The highest BCUT2D eigenvalue weighted by atomic mass is 35.5. The Bertz CT molecular complexity index is 935. The molecule has 2 amide bonds. The van der Waals surface area contributed by atoms with Crippen molar-refractivity contribution in [1.82, 2.24) is 10.2 Å². The smallest absolute Gasteiger partial charge is 0.326 e. The van der Waals surface area contributed by atoms with E-state index in [0.29, 0.717) is 25.0 Å². The molecule has 35 heavy (non-hydrogen) atoms. The number of carbonyl (C=O) groups is 2. The average molecular weight is 525 g/mol. The molecule has 3 aliphatic rings. The molecule has 3 rings (SSSR count). The van der Waals surface area contributed by atoms with E-state index in [1.54, 1.807) is 26.0 Å². The molecule has 1 aliphatic heterocycles. The second-order valence-corrected chi connectivity index (χ2v) is 10.4. The van der Waals surface area contributed by atoms with Gasteiger partial charge in [-0.1, -0.05) is 50.6 Å². The highest BCUT2D eigenvalue weighted by Crippen LogP contribution is 2.58. The Morgan fingerprint density at radius 2 is 1.91 bits per heavy atom. The fourth-order valence-corrected chi connectivity index (χ4v) is 5.80. The first kappa shape index (κ1) is 27.6. The highest BCUT2D eigenvalue weighted by Gasteiger charge is 2.55. The monoisotopic (exact) mass is 524 g/mol. The van der Waals surface area contributed by atoms with Gasteiger partial charge in [0.25, 0.3) is 5.91 Å². The van der Waals surface area contributed by atoms with Crippen LogP contribution in [0.4, 0.5) is 22.0 Å². The molecule has 5 nitrogen and oxygen atoms in total. The molecule has 1 heterocycles. The summed E-state index contributed by atoms with van der Waals surface area (Å²) in [4.78, 5) is 25.6. The number of hydrogen-bond acceptors (Lipinski definition) is 3. The molecule has 0 aromatic carbocycles. The van der Waals surface area contributed by atoms with E-state index in [2.05, 4.69) is 10.1 Å². The Labute approximate surface area is 206 Å². The Balaban J connectivity index is 1.80. The van der Waals surface area contributed by atoms with Gasteiger partial charge >= 0.3 is 12.8 Å². The molecule has 5 atom stereocenters. The van der Waals surface area contributed by atoms with Crippen molar-refractivity contribution in [3.05, 3.63) is 35.0 Å². The number of alkyl halides is 5. The number of likely N-dealkylation sites (tertiary alicyclic amines) is 1. The average Bonchev–Trinajstić information content (AvgIpc) is 2.77. The first-order valence-corrected chi connectivity index (χ1v) is 12.0. The molecule has 2 aliphatic carbocycles. The SMILES string of the molecule is CC1C=CC(OC(F)(F)F)C(C)(C2(C)CC=C(NC(=O)C3CCCCN3C(=O)C(F)F)C=C2Cl)C1. The van der Waals surface area contributed by atoms with Crippen LogP contribution < -0.4 is 5.32 Å². The maximum atomic E-state index is 13.2. The van der Waals surface area contributed by atoms with Gasteiger partial charge in [-0.15, -0.1) is 13.2 Å². The van der Waals surface area contributed by atoms with E-state index in [0.717, 1.165) is 4.90 Å². The molecule has 0 aromatic rings. The number of nitrogens with zero attached hydrogens (tertiary/aromatic N) is 1. The molecule has 0 radical (unpaired) electrons. The lowest BCUT2D eigenvalue weighted by Gasteiger charge is -2.53. The van der Waals surface area contributed by atoms with Gasteiger partial charge in [-0.05, 0) is 44.1 Å². The van der Waals surface area contributed by atoms with Crippen LogP contribution >= 0.6 is 11.6 Å². The number of piperidine rings is 1. The van der Waals surface area contributed by atoms with Crippen molar-refractivity contribution in [2.24, 2.45) is 16.7 Å². The van der Waals surface area contributed by atoms with Gasteiger partial charge in [0.1, 0.15) is 6.04 Å². The third-order valence-electron chi connectivity index (χ3n) is 7.59. The predicted octanol–water partition coefficient (Wildman–Crippen LogP) is 5.67. The molecular formula is C24H30ClF5N2O3. The van der Waals surface area contributed by atoms with E-state index in [4.69, 9.17) is 11.6 Å². The summed E-state index contributed by atoms with van der Waals surface area (Å²) >= 11 is 6.66. The zero-order valence-corrected chi connectivity index (χ0v) is 20.6. The van der Waals surface area contributed by atoms with Gasteiger partial charge in [0.2, 0.25) is 5.91 Å². The van der Waals surface area contributed by atoms with Crippen LogP contribution in [0.3, 0.4) is 0 Å². The van der Waals surface area contributed by atoms with Gasteiger partial charge in [0.05, 0.1) is 6.10 Å². The van der Waals surface area contributed by atoms with Crippen molar-refractivity contribution in [3.63, 3.8) is 0 Å². The Kier molecular flexibility index (Phi) is 8.06. The van der Waals surface area contributed by atoms with E-state index in [9.17, 15) is 31.5 Å². The normalized spacial score (nSPS) is 33.9. The number of ether oxygens (including phenoxy) is 1. The standard InChI is InChI=1S/C24H30ClF5N2O3/c1-14-7-8-18(35-24(28,29)30)23(3,13-14)22(2)10-9-15(12-17(22)25)31-20(33)16-6-4-5-11-32(16)21(34)19(26)27/h7-9,12,14,16,18-19H,4-6,10-11,13H2,1-3H3,(H,31,33). The van der Waals surface area contributed by atoms with Gasteiger partial charge in [-0.25, -0.2) is 0 Å². The Morgan fingerprint density at radius 1 is 1.23 bits per heavy atom. The van der Waals surface area contributed by atoms with Crippen molar-refractivity contribution in [2.75, 3.05) is 6.54 Å². The third-order valence-corrected chi connectivity index (χ3v) is 8.12. The van der Waals surface area contributed by atoms with Gasteiger partial charge < -0.3 is 10.2 Å². The lowest BCUT2D eigenvalue weighted by Crippen LogP contribution is -2.53. The van der Waals surface area contributed by atoms with E-state index >= 15 is 0 Å². The zero-order chi connectivity index (χ0) is 26.2. The largest absolute Gasteiger partial charge is 0.523 e. The number of nitrogens with one attached hydrogen (secondary N) is 1. The molecule has 5 unspecified atom stereocenters. The van der Waals surface area contributed by atoms with Crippen LogP contribution in [0.2, 0.25) is 0 Å². The number of hydrogen-bond donors (Lipinski definition) is 1. The molecule has 196 valence electrons. The summed E-state index contributed by atoms with van der Waals surface area (Å²) in [6.07, 6.45) is -1.02. The molecular weight excluding hydrogens is 495 g/mol. The summed E-state index contributed by atoms with van der Waals surface area (Å²) in [7, 11) is 0. The summed E-state index contributed by atoms with van der Waals surface area (Å²) < 4.78 is 69.9. The van der Waals surface area contributed by atoms with E-state index < -0.39 is 47.6 Å². The molecule has 0 saturated carbocycles. The molecule has 1 N–H and O–H groups in total. The van der Waals surface area contributed by atoms with Crippen LogP contribution in [0.1, 0.15) is 52.9 Å².